The van der Waals surface area contributed by atoms with Crippen LogP contribution in [0.1, 0.15) is 35.5 Å². The average molecular weight is 399 g/mol. The lowest BCUT2D eigenvalue weighted by molar-refractivity contribution is 0.294. The second-order valence-corrected chi connectivity index (χ2v) is 6.95. The molecule has 30 heavy (non-hydrogen) atoms. The Morgan fingerprint density at radius 1 is 1.13 bits per heavy atom. The van der Waals surface area contributed by atoms with Crippen LogP contribution in [0.2, 0.25) is 0 Å². The number of pyridine rings is 1. The predicted octanol–water partition coefficient (Wildman–Crippen LogP) is 4.14. The Balaban J connectivity index is 0.00000124. The van der Waals surface area contributed by atoms with Gasteiger partial charge in [-0.3, -0.25) is 4.79 Å². The Labute approximate surface area is 177 Å². The summed E-state index contributed by atoms with van der Waals surface area (Å²) in [5.74, 6) is 8.17. The zero-order valence-corrected chi connectivity index (χ0v) is 17.2. The Morgan fingerprint density at radius 2 is 1.83 bits per heavy atom. The molecule has 1 saturated carbocycles. The van der Waals surface area contributed by atoms with Gasteiger partial charge in [0, 0.05) is 35.6 Å². The molecule has 0 bridgehead atoms. The molecular formula is C25H25N3O2. The van der Waals surface area contributed by atoms with Crippen LogP contribution in [0.5, 0.6) is 5.75 Å². The summed E-state index contributed by atoms with van der Waals surface area (Å²) in [7, 11) is 0. The molecule has 0 unspecified atom stereocenters. The first kappa shape index (κ1) is 21.1. The van der Waals surface area contributed by atoms with Gasteiger partial charge in [-0.05, 0) is 49.6 Å². The van der Waals surface area contributed by atoms with Crippen molar-refractivity contribution in [2.24, 2.45) is 5.92 Å². The van der Waals surface area contributed by atoms with Gasteiger partial charge in [0.2, 0.25) is 0 Å². The van der Waals surface area contributed by atoms with E-state index in [9.17, 15) is 4.79 Å². The van der Waals surface area contributed by atoms with Crippen molar-refractivity contribution >= 4 is 0 Å². The first-order valence-electron chi connectivity index (χ1n) is 9.88. The van der Waals surface area contributed by atoms with E-state index in [1.807, 2.05) is 37.3 Å². The number of rotatable bonds is 5. The minimum absolute atomic E-state index is 0.0958. The molecular weight excluding hydrogens is 374 g/mol. The molecule has 2 heterocycles. The topological polar surface area (TPSA) is 57.0 Å². The standard InChI is InChI=1S/C23H21N3O2.C2H4/c1-17-13-21(28-16-22-24-11-2-12-25-22)14-23(27)26(17)15-20-9-7-19(8-10-20)6-5-18-3-4-18;1-2/h2,7-14,18H,3-4,15-16H2,1H3;1-2H2. The molecule has 3 aromatic rings. The largest absolute Gasteiger partial charge is 0.485 e. The molecule has 5 nitrogen and oxygen atoms in total. The lowest BCUT2D eigenvalue weighted by Gasteiger charge is -2.12. The molecule has 2 aromatic heterocycles. The number of aryl methyl sites for hydroxylation is 1. The van der Waals surface area contributed by atoms with Crippen LogP contribution < -0.4 is 10.3 Å². The fourth-order valence-electron chi connectivity index (χ4n) is 2.83. The van der Waals surface area contributed by atoms with E-state index in [1.54, 1.807) is 23.0 Å². The smallest absolute Gasteiger partial charge is 0.254 e. The second-order valence-electron chi connectivity index (χ2n) is 6.95. The van der Waals surface area contributed by atoms with Crippen molar-refractivity contribution in [2.45, 2.75) is 32.9 Å². The van der Waals surface area contributed by atoms with Crippen LogP contribution in [0.25, 0.3) is 0 Å². The Bertz CT molecular complexity index is 1090. The summed E-state index contributed by atoms with van der Waals surface area (Å²) < 4.78 is 7.41. The molecule has 152 valence electrons. The van der Waals surface area contributed by atoms with Gasteiger partial charge in [-0.15, -0.1) is 13.2 Å². The fourth-order valence-corrected chi connectivity index (χ4v) is 2.83. The lowest BCUT2D eigenvalue weighted by atomic mass is 10.1. The van der Waals surface area contributed by atoms with Crippen LogP contribution in [-0.2, 0) is 13.2 Å². The molecule has 1 fully saturated rings. The summed E-state index contributed by atoms with van der Waals surface area (Å²) in [5.41, 5.74) is 2.83. The van der Waals surface area contributed by atoms with E-state index in [-0.39, 0.29) is 12.2 Å². The first-order valence-corrected chi connectivity index (χ1v) is 9.88. The molecule has 1 aliphatic carbocycles. The summed E-state index contributed by atoms with van der Waals surface area (Å²) in [4.78, 5) is 20.8. The Morgan fingerprint density at radius 3 is 2.47 bits per heavy atom. The molecule has 1 aromatic carbocycles. The molecule has 1 aliphatic rings. The van der Waals surface area contributed by atoms with Crippen LogP contribution in [-0.4, -0.2) is 14.5 Å². The summed E-state index contributed by atoms with van der Waals surface area (Å²) in [6.45, 7) is 8.65. The minimum atomic E-state index is -0.0958. The van der Waals surface area contributed by atoms with Gasteiger partial charge >= 0.3 is 0 Å². The van der Waals surface area contributed by atoms with Crippen LogP contribution in [0.3, 0.4) is 0 Å². The van der Waals surface area contributed by atoms with E-state index in [0.717, 1.165) is 16.8 Å². The van der Waals surface area contributed by atoms with Gasteiger partial charge in [0.15, 0.2) is 5.82 Å². The van der Waals surface area contributed by atoms with E-state index < -0.39 is 0 Å². The summed E-state index contributed by atoms with van der Waals surface area (Å²) >= 11 is 0. The Kier molecular flexibility index (Phi) is 7.18. The van der Waals surface area contributed by atoms with Crippen molar-refractivity contribution in [3.8, 4) is 17.6 Å². The van der Waals surface area contributed by atoms with E-state index >= 15 is 0 Å². The molecule has 0 saturated heterocycles. The maximum atomic E-state index is 12.6. The van der Waals surface area contributed by atoms with Gasteiger partial charge in [-0.1, -0.05) is 24.0 Å². The van der Waals surface area contributed by atoms with Crippen molar-refractivity contribution in [3.05, 3.63) is 101 Å². The van der Waals surface area contributed by atoms with Gasteiger partial charge < -0.3 is 9.30 Å². The van der Waals surface area contributed by atoms with Crippen LogP contribution in [0, 0.1) is 24.7 Å². The highest BCUT2D eigenvalue weighted by Gasteiger charge is 2.17. The molecule has 0 N–H and O–H groups in total. The monoisotopic (exact) mass is 399 g/mol. The van der Waals surface area contributed by atoms with E-state index in [0.29, 0.717) is 24.0 Å². The average Bonchev–Trinajstić information content (AvgIpc) is 3.61. The van der Waals surface area contributed by atoms with Gasteiger partial charge in [0.05, 0.1) is 6.54 Å². The maximum Gasteiger partial charge on any atom is 0.254 e. The highest BCUT2D eigenvalue weighted by atomic mass is 16.5. The third-order valence-corrected chi connectivity index (χ3v) is 4.59. The summed E-state index contributed by atoms with van der Waals surface area (Å²) in [6.07, 6.45) is 5.78. The second kappa shape index (κ2) is 10.2. The number of hydrogen-bond acceptors (Lipinski definition) is 4. The third-order valence-electron chi connectivity index (χ3n) is 4.59. The van der Waals surface area contributed by atoms with E-state index in [1.165, 1.54) is 18.9 Å². The molecule has 0 radical (unpaired) electrons. The molecule has 0 spiro atoms. The van der Waals surface area contributed by atoms with Crippen molar-refractivity contribution < 1.29 is 4.74 Å². The predicted molar refractivity (Wildman–Crippen MR) is 118 cm³/mol. The SMILES string of the molecule is C=C.Cc1cc(OCc2ncccn2)cc(=O)n1Cc1ccc(C#CC2CC2)cc1. The first-order chi connectivity index (χ1) is 14.7. The number of benzene rings is 1. The lowest BCUT2D eigenvalue weighted by Crippen LogP contribution is -2.22. The van der Waals surface area contributed by atoms with E-state index in [4.69, 9.17) is 4.74 Å². The number of ether oxygens (including phenoxy) is 1. The van der Waals surface area contributed by atoms with Crippen molar-refractivity contribution in [1.29, 1.82) is 0 Å². The summed E-state index contributed by atoms with van der Waals surface area (Å²) in [5, 5.41) is 0. The fraction of sp³-hybridized carbons (Fsp3) is 0.240. The summed E-state index contributed by atoms with van der Waals surface area (Å²) in [6, 6.07) is 13.2. The van der Waals surface area contributed by atoms with Crippen LogP contribution >= 0.6 is 0 Å². The van der Waals surface area contributed by atoms with Crippen molar-refractivity contribution in [2.75, 3.05) is 0 Å². The number of hydrogen-bond donors (Lipinski definition) is 0. The zero-order valence-electron chi connectivity index (χ0n) is 17.2. The molecule has 0 amide bonds. The van der Waals surface area contributed by atoms with E-state index in [2.05, 4.69) is 35.0 Å². The molecule has 0 aliphatic heterocycles. The quantitative estimate of drug-likeness (QED) is 0.478. The number of aromatic nitrogens is 3. The molecule has 4 rings (SSSR count). The van der Waals surface area contributed by atoms with Crippen molar-refractivity contribution in [3.63, 3.8) is 0 Å². The van der Waals surface area contributed by atoms with Crippen LogP contribution in [0.15, 0.2) is 72.8 Å². The highest BCUT2D eigenvalue weighted by Crippen LogP contribution is 2.27. The normalized spacial score (nSPS) is 12.2. The highest BCUT2D eigenvalue weighted by molar-refractivity contribution is 5.37. The zero-order chi connectivity index (χ0) is 21.3. The van der Waals surface area contributed by atoms with Crippen molar-refractivity contribution in [1.82, 2.24) is 14.5 Å². The Hall–Kier alpha value is -3.65. The molecule has 0 atom stereocenters. The maximum absolute atomic E-state index is 12.6. The molecule has 5 heteroatoms. The minimum Gasteiger partial charge on any atom is -0.485 e. The third kappa shape index (κ3) is 5.92. The number of nitrogens with zero attached hydrogens (tertiary/aromatic N) is 3. The van der Waals surface area contributed by atoms with Gasteiger partial charge in [-0.2, -0.15) is 0 Å². The van der Waals surface area contributed by atoms with Gasteiger partial charge in [0.1, 0.15) is 12.4 Å². The van der Waals surface area contributed by atoms with Gasteiger partial charge in [0.25, 0.3) is 5.56 Å². The van der Waals surface area contributed by atoms with Crippen LogP contribution in [0.4, 0.5) is 0 Å². The van der Waals surface area contributed by atoms with Gasteiger partial charge in [-0.25, -0.2) is 9.97 Å².